The van der Waals surface area contributed by atoms with E-state index < -0.39 is 5.41 Å². The molecular weight excluding hydrogens is 520 g/mol. The van der Waals surface area contributed by atoms with Crippen molar-refractivity contribution in [2.75, 3.05) is 35.8 Å². The minimum absolute atomic E-state index is 0.0642. The number of hydrogen-bond donors (Lipinski definition) is 3. The summed E-state index contributed by atoms with van der Waals surface area (Å²) < 4.78 is 5.64. The van der Waals surface area contributed by atoms with Gasteiger partial charge in [0, 0.05) is 31.2 Å². The molecule has 1 aliphatic heterocycles. The normalized spacial score (nSPS) is 25.3. The number of carbonyl (C=O) groups is 2. The van der Waals surface area contributed by atoms with E-state index >= 15 is 0 Å². The van der Waals surface area contributed by atoms with Crippen LogP contribution in [-0.4, -0.2) is 65.8 Å². The maximum Gasteiger partial charge on any atom is 0.251 e. The Bertz CT molecular complexity index is 1260. The number of aliphatic hydroxyl groups is 1. The second-order valence-electron chi connectivity index (χ2n) is 12.1. The molecule has 0 saturated heterocycles. The second-order valence-corrected chi connectivity index (χ2v) is 12.1. The van der Waals surface area contributed by atoms with E-state index in [-0.39, 0.29) is 24.0 Å². The van der Waals surface area contributed by atoms with Crippen LogP contribution in [0.2, 0.25) is 0 Å². The Morgan fingerprint density at radius 2 is 1.88 bits per heavy atom. The molecule has 2 heterocycles. The van der Waals surface area contributed by atoms with Gasteiger partial charge in [0.25, 0.3) is 5.91 Å². The van der Waals surface area contributed by atoms with Crippen molar-refractivity contribution in [3.63, 3.8) is 0 Å². The van der Waals surface area contributed by atoms with Gasteiger partial charge < -0.3 is 30.3 Å². The zero-order valence-corrected chi connectivity index (χ0v) is 24.8. The highest BCUT2D eigenvalue weighted by Crippen LogP contribution is 2.41. The van der Waals surface area contributed by atoms with Crippen molar-refractivity contribution in [1.82, 2.24) is 15.3 Å². The number of fused-ring (bicyclic) bond motifs is 1. The maximum absolute atomic E-state index is 13.5. The minimum atomic E-state index is -0.516. The number of carbonyl (C=O) groups excluding carboxylic acids is 2. The molecule has 2 fully saturated rings. The minimum Gasteiger partial charge on any atom is -0.495 e. The molecule has 3 N–H and O–H groups in total. The van der Waals surface area contributed by atoms with Crippen LogP contribution in [0.15, 0.2) is 24.4 Å². The summed E-state index contributed by atoms with van der Waals surface area (Å²) in [6, 6.07) is 5.67. The van der Waals surface area contributed by atoms with E-state index in [1.54, 1.807) is 36.4 Å². The molecular formula is C31H44N6O4. The van der Waals surface area contributed by atoms with Gasteiger partial charge >= 0.3 is 0 Å². The highest BCUT2D eigenvalue weighted by molar-refractivity contribution is 6.01. The smallest absolute Gasteiger partial charge is 0.251 e. The van der Waals surface area contributed by atoms with Crippen molar-refractivity contribution in [1.29, 1.82) is 0 Å². The van der Waals surface area contributed by atoms with Crippen LogP contribution in [0.5, 0.6) is 5.75 Å². The molecule has 0 radical (unpaired) electrons. The lowest BCUT2D eigenvalue weighted by Gasteiger charge is -2.38. The number of nitrogens with one attached hydrogen (secondary N) is 2. The summed E-state index contributed by atoms with van der Waals surface area (Å²) in [5, 5.41) is 16.1. The number of methoxy groups -OCH3 is 1. The molecule has 10 heteroatoms. The van der Waals surface area contributed by atoms with Crippen LogP contribution in [0, 0.1) is 5.41 Å². The highest BCUT2D eigenvalue weighted by Gasteiger charge is 2.43. The SMILES string of the molecule is CC[C@]1(C)CN(C2CCCCC2)c2nc(Nc3ccc(C(=O)N[C@H]4CC[C@H](O)CC4)cc3OC)ncc2N(C)C1=O. The van der Waals surface area contributed by atoms with Gasteiger partial charge in [-0.15, -0.1) is 0 Å². The van der Waals surface area contributed by atoms with Crippen LogP contribution in [0.25, 0.3) is 0 Å². The van der Waals surface area contributed by atoms with E-state index in [0.717, 1.165) is 43.6 Å². The van der Waals surface area contributed by atoms with E-state index in [2.05, 4.69) is 34.4 Å². The first-order valence-electron chi connectivity index (χ1n) is 15.1. The van der Waals surface area contributed by atoms with Crippen LogP contribution in [0.3, 0.4) is 0 Å². The number of hydrogen-bond acceptors (Lipinski definition) is 8. The maximum atomic E-state index is 13.5. The molecule has 41 heavy (non-hydrogen) atoms. The average Bonchev–Trinajstić information content (AvgIpc) is 3.08. The third-order valence-corrected chi connectivity index (χ3v) is 9.26. The number of ether oxygens (including phenoxy) is 1. The zero-order chi connectivity index (χ0) is 29.1. The number of aromatic nitrogens is 2. The predicted molar refractivity (Wildman–Crippen MR) is 160 cm³/mol. The van der Waals surface area contributed by atoms with Gasteiger partial charge in [-0.2, -0.15) is 4.98 Å². The quantitative estimate of drug-likeness (QED) is 0.439. The molecule has 3 aliphatic rings. The fraction of sp³-hybridized carbons (Fsp3) is 0.613. The fourth-order valence-electron chi connectivity index (χ4n) is 6.41. The number of amides is 2. The van der Waals surface area contributed by atoms with Crippen LogP contribution in [0.4, 0.5) is 23.1 Å². The summed E-state index contributed by atoms with van der Waals surface area (Å²) in [4.78, 5) is 40.1. The largest absolute Gasteiger partial charge is 0.495 e. The first-order chi connectivity index (χ1) is 19.7. The molecule has 0 unspecified atom stereocenters. The summed E-state index contributed by atoms with van der Waals surface area (Å²) in [5.74, 6) is 1.61. The Morgan fingerprint density at radius 3 is 2.56 bits per heavy atom. The van der Waals surface area contributed by atoms with Crippen molar-refractivity contribution in [3.8, 4) is 5.75 Å². The first-order valence-corrected chi connectivity index (χ1v) is 15.1. The van der Waals surface area contributed by atoms with Gasteiger partial charge in [-0.25, -0.2) is 4.98 Å². The van der Waals surface area contributed by atoms with Crippen LogP contribution < -0.4 is 25.2 Å². The lowest BCUT2D eigenvalue weighted by Crippen LogP contribution is -2.47. The van der Waals surface area contributed by atoms with Gasteiger partial charge in [-0.05, 0) is 70.1 Å². The summed E-state index contributed by atoms with van der Waals surface area (Å²) in [6.07, 6.45) is 10.9. The van der Waals surface area contributed by atoms with Crippen molar-refractivity contribution < 1.29 is 19.4 Å². The van der Waals surface area contributed by atoms with E-state index in [0.29, 0.717) is 48.4 Å². The molecule has 2 amide bonds. The molecule has 2 aromatic rings. The van der Waals surface area contributed by atoms with Crippen molar-refractivity contribution >= 4 is 35.0 Å². The van der Waals surface area contributed by atoms with Gasteiger partial charge in [-0.3, -0.25) is 9.59 Å². The van der Waals surface area contributed by atoms with Gasteiger partial charge in [-0.1, -0.05) is 26.2 Å². The molecule has 1 atom stereocenters. The Balaban J connectivity index is 1.40. The van der Waals surface area contributed by atoms with Gasteiger partial charge in [0.1, 0.15) is 11.4 Å². The molecule has 1 aromatic heterocycles. The topological polar surface area (TPSA) is 120 Å². The Morgan fingerprint density at radius 1 is 1.15 bits per heavy atom. The van der Waals surface area contributed by atoms with E-state index in [1.165, 1.54) is 19.3 Å². The Labute approximate surface area is 242 Å². The third kappa shape index (κ3) is 6.12. The standard InChI is InChI=1S/C31H44N6O4/c1-5-31(2)19-37(22-9-7-6-8-10-22)27-25(36(3)29(31)40)18-32-30(35-27)34-24-16-11-20(17-26(24)41-4)28(39)33-21-12-14-23(38)15-13-21/h11,16-18,21-23,38H,5-10,12-15,19H2,1-4H3,(H,33,39)(H,32,34,35)/t21-,23-,31-/m1/s1. The number of nitrogens with zero attached hydrogens (tertiary/aromatic N) is 4. The van der Waals surface area contributed by atoms with Crippen LogP contribution >= 0.6 is 0 Å². The van der Waals surface area contributed by atoms with Crippen molar-refractivity contribution in [2.45, 2.75) is 96.2 Å². The summed E-state index contributed by atoms with van der Waals surface area (Å²) >= 11 is 0. The molecule has 5 rings (SSSR count). The molecule has 2 aliphatic carbocycles. The van der Waals surface area contributed by atoms with Crippen LogP contribution in [0.1, 0.15) is 88.4 Å². The lowest BCUT2D eigenvalue weighted by atomic mass is 9.84. The van der Waals surface area contributed by atoms with E-state index in [9.17, 15) is 14.7 Å². The molecule has 2 saturated carbocycles. The monoisotopic (exact) mass is 564 g/mol. The highest BCUT2D eigenvalue weighted by atomic mass is 16.5. The van der Waals surface area contributed by atoms with Crippen LogP contribution in [-0.2, 0) is 4.79 Å². The van der Waals surface area contributed by atoms with Crippen molar-refractivity contribution in [2.24, 2.45) is 5.41 Å². The lowest BCUT2D eigenvalue weighted by molar-refractivity contribution is -0.126. The predicted octanol–water partition coefficient (Wildman–Crippen LogP) is 4.79. The van der Waals surface area contributed by atoms with Crippen molar-refractivity contribution in [3.05, 3.63) is 30.0 Å². The summed E-state index contributed by atoms with van der Waals surface area (Å²) in [5.41, 5.74) is 1.35. The number of anilines is 4. The first kappa shape index (κ1) is 29.1. The number of benzene rings is 1. The average molecular weight is 565 g/mol. The molecule has 0 bridgehead atoms. The molecule has 0 spiro atoms. The Kier molecular flexibility index (Phi) is 8.68. The molecule has 1 aromatic carbocycles. The molecule has 222 valence electrons. The fourth-order valence-corrected chi connectivity index (χ4v) is 6.41. The van der Waals surface area contributed by atoms with Gasteiger partial charge in [0.05, 0.1) is 30.5 Å². The second kappa shape index (κ2) is 12.2. The summed E-state index contributed by atoms with van der Waals surface area (Å²) in [6.45, 7) is 4.75. The van der Waals surface area contributed by atoms with E-state index in [1.807, 2.05) is 7.05 Å². The van der Waals surface area contributed by atoms with E-state index in [4.69, 9.17) is 9.72 Å². The third-order valence-electron chi connectivity index (χ3n) is 9.26. The van der Waals surface area contributed by atoms with Gasteiger partial charge in [0.15, 0.2) is 5.82 Å². The summed E-state index contributed by atoms with van der Waals surface area (Å²) in [7, 11) is 3.39. The Hall–Kier alpha value is -3.40. The number of aliphatic hydroxyl groups excluding tert-OH is 1. The van der Waals surface area contributed by atoms with Gasteiger partial charge in [0.2, 0.25) is 11.9 Å². The zero-order valence-electron chi connectivity index (χ0n) is 24.8. The number of rotatable bonds is 7. The molecule has 10 nitrogen and oxygen atoms in total.